The second-order valence-electron chi connectivity index (χ2n) is 7.11. The number of para-hydroxylation sites is 1. The zero-order chi connectivity index (χ0) is 21.8. The molecule has 0 bridgehead atoms. The second-order valence-corrected chi connectivity index (χ2v) is 7.11. The number of nitrogens with two attached hydrogens (primary N) is 1. The van der Waals surface area contributed by atoms with Crippen LogP contribution in [0.2, 0.25) is 0 Å². The van der Waals surface area contributed by atoms with E-state index in [1.807, 2.05) is 30.3 Å². The Kier molecular flexibility index (Phi) is 5.74. The van der Waals surface area contributed by atoms with Crippen LogP contribution in [0.5, 0.6) is 0 Å². The van der Waals surface area contributed by atoms with Gasteiger partial charge in [0.25, 0.3) is 5.56 Å². The summed E-state index contributed by atoms with van der Waals surface area (Å²) in [5, 5.41) is 7.40. The molecule has 0 aliphatic heterocycles. The Morgan fingerprint density at radius 1 is 1.13 bits per heavy atom. The Morgan fingerprint density at radius 3 is 2.71 bits per heavy atom. The Morgan fingerprint density at radius 2 is 1.94 bits per heavy atom. The number of aryl methyl sites for hydroxylation is 1. The van der Waals surface area contributed by atoms with Crippen molar-refractivity contribution in [2.75, 3.05) is 11.1 Å². The average molecular weight is 420 g/mol. The maximum atomic E-state index is 13.1. The topological polar surface area (TPSA) is 108 Å². The van der Waals surface area contributed by atoms with Crippen molar-refractivity contribution in [1.82, 2.24) is 19.3 Å². The van der Waals surface area contributed by atoms with Crippen LogP contribution in [-0.4, -0.2) is 25.2 Å². The number of nitrogen functional groups attached to an aromatic ring is 1. The van der Waals surface area contributed by atoms with Crippen LogP contribution in [0.25, 0.3) is 16.7 Å². The molecule has 8 nitrogen and oxygen atoms in total. The van der Waals surface area contributed by atoms with Crippen molar-refractivity contribution in [3.63, 3.8) is 0 Å². The fourth-order valence-corrected chi connectivity index (χ4v) is 3.29. The first-order valence-electron chi connectivity index (χ1n) is 9.86. The van der Waals surface area contributed by atoms with Gasteiger partial charge in [-0.1, -0.05) is 18.2 Å². The Hall–Kier alpha value is -4.01. The van der Waals surface area contributed by atoms with E-state index in [-0.39, 0.29) is 23.6 Å². The fraction of sp³-hybridized carbons (Fsp3) is 0.182. The standard InChI is InChI=1S/C22H21FN6O2/c23-15-9-10-19(18(24)12-15)27-20(30)8-4-5-11-28-14-25-21-17(22(28)31)13-26-29(21)16-6-2-1-3-7-16/h1-3,6-7,9-10,12-14H,4-5,8,11,24H2,(H,27,30). The van der Waals surface area contributed by atoms with Gasteiger partial charge >= 0.3 is 0 Å². The third-order valence-electron chi connectivity index (χ3n) is 4.90. The summed E-state index contributed by atoms with van der Waals surface area (Å²) in [6.07, 6.45) is 4.47. The summed E-state index contributed by atoms with van der Waals surface area (Å²) in [5.74, 6) is -0.677. The predicted octanol–water partition coefficient (Wildman–Crippen LogP) is 3.11. The van der Waals surface area contributed by atoms with Crippen molar-refractivity contribution in [3.05, 3.63) is 77.2 Å². The number of hydrogen-bond donors (Lipinski definition) is 2. The number of carbonyl (C=O) groups excluding carboxylic acids is 1. The number of amides is 1. The lowest BCUT2D eigenvalue weighted by molar-refractivity contribution is -0.116. The quantitative estimate of drug-likeness (QED) is 0.353. The summed E-state index contributed by atoms with van der Waals surface area (Å²) in [6, 6.07) is 13.3. The molecule has 3 N–H and O–H groups in total. The number of benzene rings is 2. The number of anilines is 2. The van der Waals surface area contributed by atoms with Gasteiger partial charge in [-0.15, -0.1) is 0 Å². The van der Waals surface area contributed by atoms with E-state index in [4.69, 9.17) is 5.73 Å². The molecule has 0 spiro atoms. The van der Waals surface area contributed by atoms with Gasteiger partial charge in [-0.25, -0.2) is 14.1 Å². The van der Waals surface area contributed by atoms with Gasteiger partial charge in [0.15, 0.2) is 5.65 Å². The largest absolute Gasteiger partial charge is 0.397 e. The van der Waals surface area contributed by atoms with Crippen molar-refractivity contribution < 1.29 is 9.18 Å². The summed E-state index contributed by atoms with van der Waals surface area (Å²) in [6.45, 7) is 0.435. The molecule has 0 atom stereocenters. The van der Waals surface area contributed by atoms with Gasteiger partial charge in [0.05, 0.1) is 29.6 Å². The van der Waals surface area contributed by atoms with Crippen molar-refractivity contribution in [2.45, 2.75) is 25.8 Å². The maximum Gasteiger partial charge on any atom is 0.264 e. The maximum absolute atomic E-state index is 13.1. The normalized spacial score (nSPS) is 11.0. The highest BCUT2D eigenvalue weighted by Gasteiger charge is 2.11. The first kappa shape index (κ1) is 20.3. The summed E-state index contributed by atoms with van der Waals surface area (Å²) < 4.78 is 16.2. The van der Waals surface area contributed by atoms with Crippen molar-refractivity contribution >= 4 is 28.3 Å². The Bertz CT molecular complexity index is 1280. The number of nitrogens with zero attached hydrogens (tertiary/aromatic N) is 4. The molecule has 0 aliphatic carbocycles. The number of hydrogen-bond acceptors (Lipinski definition) is 5. The minimum absolute atomic E-state index is 0.171. The van der Waals surface area contributed by atoms with Crippen molar-refractivity contribution in [2.24, 2.45) is 0 Å². The average Bonchev–Trinajstić information content (AvgIpc) is 3.20. The number of aromatic nitrogens is 4. The molecule has 2 heterocycles. The van der Waals surface area contributed by atoms with Crippen LogP contribution in [-0.2, 0) is 11.3 Å². The van der Waals surface area contributed by atoms with Crippen LogP contribution in [0.4, 0.5) is 15.8 Å². The molecule has 0 fully saturated rings. The number of halogens is 1. The molecule has 0 saturated carbocycles. The molecule has 0 aliphatic rings. The molecule has 31 heavy (non-hydrogen) atoms. The number of unbranched alkanes of at least 4 members (excludes halogenated alkanes) is 1. The van der Waals surface area contributed by atoms with Gasteiger partial charge < -0.3 is 11.1 Å². The third kappa shape index (κ3) is 4.45. The Labute approximate surface area is 177 Å². The molecular formula is C22H21FN6O2. The summed E-state index contributed by atoms with van der Waals surface area (Å²) in [7, 11) is 0. The highest BCUT2D eigenvalue weighted by molar-refractivity contribution is 5.93. The van der Waals surface area contributed by atoms with Gasteiger partial charge in [-0.3, -0.25) is 14.2 Å². The molecule has 0 unspecified atom stereocenters. The van der Waals surface area contributed by atoms with Crippen LogP contribution in [0.1, 0.15) is 19.3 Å². The van der Waals surface area contributed by atoms with Crippen LogP contribution < -0.4 is 16.6 Å². The van der Waals surface area contributed by atoms with E-state index in [1.54, 1.807) is 4.68 Å². The molecule has 1 amide bonds. The van der Waals surface area contributed by atoms with E-state index < -0.39 is 5.82 Å². The number of fused-ring (bicyclic) bond motifs is 1. The third-order valence-corrected chi connectivity index (χ3v) is 4.90. The number of rotatable bonds is 7. The smallest absolute Gasteiger partial charge is 0.264 e. The molecule has 2 aromatic heterocycles. The minimum atomic E-state index is -0.458. The van der Waals surface area contributed by atoms with Gasteiger partial charge in [-0.2, -0.15) is 5.10 Å². The van der Waals surface area contributed by atoms with Gasteiger partial charge in [-0.05, 0) is 43.2 Å². The molecular weight excluding hydrogens is 399 g/mol. The van der Waals surface area contributed by atoms with Gasteiger partial charge in [0.2, 0.25) is 5.91 Å². The first-order chi connectivity index (χ1) is 15.0. The molecule has 158 valence electrons. The van der Waals surface area contributed by atoms with E-state index in [0.29, 0.717) is 36.1 Å². The Balaban J connectivity index is 1.36. The summed E-state index contributed by atoms with van der Waals surface area (Å²) >= 11 is 0. The lowest BCUT2D eigenvalue weighted by Crippen LogP contribution is -2.21. The second kappa shape index (κ2) is 8.78. The van der Waals surface area contributed by atoms with Crippen LogP contribution in [0, 0.1) is 5.82 Å². The van der Waals surface area contributed by atoms with E-state index in [0.717, 1.165) is 11.8 Å². The highest BCUT2D eigenvalue weighted by atomic mass is 19.1. The fourth-order valence-electron chi connectivity index (χ4n) is 3.29. The number of nitrogens with one attached hydrogen (secondary N) is 1. The SMILES string of the molecule is Nc1cc(F)ccc1NC(=O)CCCCn1cnc2c(cnn2-c2ccccc2)c1=O. The summed E-state index contributed by atoms with van der Waals surface area (Å²) in [5.41, 5.74) is 7.41. The predicted molar refractivity (Wildman–Crippen MR) is 116 cm³/mol. The lowest BCUT2D eigenvalue weighted by atomic mass is 10.2. The van der Waals surface area contributed by atoms with E-state index >= 15 is 0 Å². The first-order valence-corrected chi connectivity index (χ1v) is 9.86. The molecule has 0 radical (unpaired) electrons. The van der Waals surface area contributed by atoms with Gasteiger partial charge in [0.1, 0.15) is 11.2 Å². The zero-order valence-corrected chi connectivity index (χ0v) is 16.7. The molecule has 2 aromatic carbocycles. The number of carbonyl (C=O) groups is 1. The van der Waals surface area contributed by atoms with E-state index in [9.17, 15) is 14.0 Å². The minimum Gasteiger partial charge on any atom is -0.397 e. The van der Waals surface area contributed by atoms with Gasteiger partial charge in [0, 0.05) is 13.0 Å². The lowest BCUT2D eigenvalue weighted by Gasteiger charge is -2.09. The molecule has 4 aromatic rings. The zero-order valence-electron chi connectivity index (χ0n) is 16.7. The van der Waals surface area contributed by atoms with Crippen molar-refractivity contribution in [3.8, 4) is 5.69 Å². The highest BCUT2D eigenvalue weighted by Crippen LogP contribution is 2.19. The monoisotopic (exact) mass is 420 g/mol. The van der Waals surface area contributed by atoms with Crippen LogP contribution in [0.15, 0.2) is 65.8 Å². The van der Waals surface area contributed by atoms with Crippen molar-refractivity contribution in [1.29, 1.82) is 0 Å². The van der Waals surface area contributed by atoms with Crippen LogP contribution >= 0.6 is 0 Å². The van der Waals surface area contributed by atoms with E-state index in [1.165, 1.54) is 29.2 Å². The van der Waals surface area contributed by atoms with E-state index in [2.05, 4.69) is 15.4 Å². The summed E-state index contributed by atoms with van der Waals surface area (Å²) in [4.78, 5) is 29.2. The van der Waals surface area contributed by atoms with Crippen LogP contribution in [0.3, 0.4) is 0 Å². The molecule has 0 saturated heterocycles. The molecule has 4 rings (SSSR count). The molecule has 9 heteroatoms.